The Hall–Kier alpha value is -2.74. The zero-order chi connectivity index (χ0) is 28.4. The van der Waals surface area contributed by atoms with Gasteiger partial charge >= 0.3 is 0 Å². The van der Waals surface area contributed by atoms with Gasteiger partial charge in [0.1, 0.15) is 5.82 Å². The van der Waals surface area contributed by atoms with Gasteiger partial charge in [-0.15, -0.1) is 0 Å². The molecule has 2 aliphatic heterocycles. The van der Waals surface area contributed by atoms with Gasteiger partial charge < -0.3 is 25.3 Å². The number of nitrogens with one attached hydrogen (secondary N) is 1. The largest absolute Gasteiger partial charge is 0.494 e. The summed E-state index contributed by atoms with van der Waals surface area (Å²) >= 11 is 0. The Balaban J connectivity index is 1.01. The van der Waals surface area contributed by atoms with Crippen LogP contribution in [0.15, 0.2) is 18.2 Å². The smallest absolute Gasteiger partial charge is 0.217 e. The Morgan fingerprint density at radius 1 is 0.976 bits per heavy atom. The van der Waals surface area contributed by atoms with E-state index in [9.17, 15) is 19.4 Å². The lowest BCUT2D eigenvalue weighted by atomic mass is 9.78. The Kier molecular flexibility index (Phi) is 6.95. The molecule has 3 heterocycles. The van der Waals surface area contributed by atoms with Gasteiger partial charge in [-0.2, -0.15) is 0 Å². The lowest BCUT2D eigenvalue weighted by Crippen LogP contribution is -2.46. The van der Waals surface area contributed by atoms with Crippen molar-refractivity contribution in [3.05, 3.63) is 40.7 Å². The first-order chi connectivity index (χ1) is 19.8. The third-order valence-corrected chi connectivity index (χ3v) is 11.5. The predicted molar refractivity (Wildman–Crippen MR) is 157 cm³/mol. The fraction of sp³-hybridized carbons (Fsp3) is 0.667. The number of anilines is 1. The minimum Gasteiger partial charge on any atom is -0.494 e. The van der Waals surface area contributed by atoms with Crippen LogP contribution in [0.3, 0.4) is 0 Å². The standard InChI is InChI=1S/C33H45FN4O3/c1-19-26-16-27(31(19)35-20(2)39)30-29(26)32(40)38(33(30)41)18-23-6-4-3-5-22(23)17-36-12-10-25(11-13-36)37-14-9-21-7-8-24(34)15-28(21)37/h7-8,15,19,22-23,25-27,31,40-41H,3-6,9-14,16-18H2,1-2H3,(H,35,39). The number of fused-ring (bicyclic) bond motifs is 6. The maximum Gasteiger partial charge on any atom is 0.217 e. The van der Waals surface area contributed by atoms with Crippen molar-refractivity contribution in [3.8, 4) is 11.8 Å². The van der Waals surface area contributed by atoms with Crippen LogP contribution in [0, 0.1) is 23.6 Å². The molecule has 6 unspecified atom stereocenters. The molecule has 6 atom stereocenters. The van der Waals surface area contributed by atoms with E-state index in [1.54, 1.807) is 23.6 Å². The van der Waals surface area contributed by atoms with Crippen molar-refractivity contribution in [2.45, 2.75) is 95.7 Å². The van der Waals surface area contributed by atoms with Crippen LogP contribution >= 0.6 is 0 Å². The molecule has 2 aromatic rings. The van der Waals surface area contributed by atoms with E-state index in [0.717, 1.165) is 75.1 Å². The number of hydrogen-bond donors (Lipinski definition) is 3. The summed E-state index contributed by atoms with van der Waals surface area (Å²) in [5.74, 6) is 1.76. The number of carbonyl (C=O) groups excluding carboxylic acids is 1. The number of hydrogen-bond acceptors (Lipinski definition) is 5. The second kappa shape index (κ2) is 10.5. The first-order valence-electron chi connectivity index (χ1n) is 16.0. The average Bonchev–Trinajstić information content (AvgIpc) is 3.69. The SMILES string of the molecule is CC(=O)NC1C2CC(c3c2c(O)n(CC2CCCCC2CN2CCC(N4CCc5ccc(F)cc54)CC2)c3O)C1C. The summed E-state index contributed by atoms with van der Waals surface area (Å²) in [6, 6.07) is 5.75. The normalized spacial score (nSPS) is 31.4. The van der Waals surface area contributed by atoms with E-state index in [-0.39, 0.29) is 47.3 Å². The van der Waals surface area contributed by atoms with E-state index in [1.807, 2.05) is 6.07 Å². The molecular weight excluding hydrogens is 519 g/mol. The number of benzene rings is 1. The predicted octanol–water partition coefficient (Wildman–Crippen LogP) is 5.10. The van der Waals surface area contributed by atoms with Gasteiger partial charge in [-0.05, 0) is 79.9 Å². The van der Waals surface area contributed by atoms with Crippen molar-refractivity contribution in [2.24, 2.45) is 17.8 Å². The summed E-state index contributed by atoms with van der Waals surface area (Å²) in [7, 11) is 0. The van der Waals surface area contributed by atoms with E-state index >= 15 is 0 Å². The van der Waals surface area contributed by atoms with Crippen molar-refractivity contribution in [3.63, 3.8) is 0 Å². The van der Waals surface area contributed by atoms with Gasteiger partial charge in [-0.3, -0.25) is 9.36 Å². The molecule has 7 nitrogen and oxygen atoms in total. The Morgan fingerprint density at radius 3 is 2.37 bits per heavy atom. The molecule has 1 aromatic carbocycles. The van der Waals surface area contributed by atoms with E-state index in [2.05, 4.69) is 22.0 Å². The van der Waals surface area contributed by atoms with Gasteiger partial charge in [0.2, 0.25) is 5.91 Å². The molecule has 2 bridgehead atoms. The quantitative estimate of drug-likeness (QED) is 0.455. The summed E-state index contributed by atoms with van der Waals surface area (Å²) < 4.78 is 15.8. The lowest BCUT2D eigenvalue weighted by molar-refractivity contribution is -0.120. The van der Waals surface area contributed by atoms with Gasteiger partial charge in [-0.25, -0.2) is 4.39 Å². The summed E-state index contributed by atoms with van der Waals surface area (Å²) in [4.78, 5) is 16.9. The molecule has 1 aromatic heterocycles. The van der Waals surface area contributed by atoms with Crippen LogP contribution in [0.2, 0.25) is 0 Å². The van der Waals surface area contributed by atoms with Crippen LogP contribution in [-0.4, -0.2) is 63.8 Å². The zero-order valence-electron chi connectivity index (χ0n) is 24.5. The maximum absolute atomic E-state index is 14.0. The molecule has 0 spiro atoms. The number of halogens is 1. The van der Waals surface area contributed by atoms with Crippen LogP contribution in [0.5, 0.6) is 11.8 Å². The summed E-state index contributed by atoms with van der Waals surface area (Å²) in [5.41, 5.74) is 4.18. The van der Waals surface area contributed by atoms with Crippen LogP contribution < -0.4 is 10.2 Å². The number of nitrogens with zero attached hydrogens (tertiary/aromatic N) is 3. The van der Waals surface area contributed by atoms with Crippen molar-refractivity contribution < 1.29 is 19.4 Å². The molecule has 7 rings (SSSR count). The highest BCUT2D eigenvalue weighted by Gasteiger charge is 2.54. The van der Waals surface area contributed by atoms with E-state index < -0.39 is 0 Å². The van der Waals surface area contributed by atoms with Gasteiger partial charge in [0.15, 0.2) is 11.8 Å². The van der Waals surface area contributed by atoms with E-state index in [1.165, 1.54) is 24.8 Å². The van der Waals surface area contributed by atoms with Gasteiger partial charge in [0.05, 0.1) is 0 Å². The third kappa shape index (κ3) is 4.61. The number of carbonyl (C=O) groups is 1. The van der Waals surface area contributed by atoms with E-state index in [0.29, 0.717) is 24.4 Å². The minimum absolute atomic E-state index is 0.0181. The minimum atomic E-state index is -0.142. The van der Waals surface area contributed by atoms with Crippen molar-refractivity contribution in [2.75, 3.05) is 31.1 Å². The first kappa shape index (κ1) is 27.1. The van der Waals surface area contributed by atoms with Crippen LogP contribution in [0.1, 0.15) is 87.3 Å². The van der Waals surface area contributed by atoms with E-state index in [4.69, 9.17) is 0 Å². The Morgan fingerprint density at radius 2 is 1.66 bits per heavy atom. The van der Waals surface area contributed by atoms with Gasteiger partial charge in [0, 0.05) is 74.5 Å². The van der Waals surface area contributed by atoms with Crippen molar-refractivity contribution in [1.29, 1.82) is 0 Å². The Labute approximate surface area is 242 Å². The van der Waals surface area contributed by atoms with Crippen LogP contribution in [0.25, 0.3) is 0 Å². The molecule has 1 amide bonds. The second-order valence-electron chi connectivity index (χ2n) is 13.7. The molecule has 3 aliphatic carbocycles. The molecule has 3 fully saturated rings. The van der Waals surface area contributed by atoms with Gasteiger partial charge in [0.25, 0.3) is 0 Å². The highest BCUT2D eigenvalue weighted by atomic mass is 19.1. The lowest BCUT2D eigenvalue weighted by Gasteiger charge is -2.41. The molecule has 2 saturated carbocycles. The summed E-state index contributed by atoms with van der Waals surface area (Å²) in [6.07, 6.45) is 8.87. The van der Waals surface area contributed by atoms with Crippen molar-refractivity contribution in [1.82, 2.24) is 14.8 Å². The molecule has 8 heteroatoms. The molecule has 0 radical (unpaired) electrons. The molecular formula is C33H45FN4O3. The van der Waals surface area contributed by atoms with Crippen molar-refractivity contribution >= 4 is 11.6 Å². The summed E-state index contributed by atoms with van der Waals surface area (Å²) in [5, 5.41) is 25.9. The highest BCUT2D eigenvalue weighted by molar-refractivity contribution is 5.74. The van der Waals surface area contributed by atoms with Crippen LogP contribution in [0.4, 0.5) is 10.1 Å². The topological polar surface area (TPSA) is 81.0 Å². The number of likely N-dealkylation sites (tertiary alicyclic amines) is 1. The molecule has 41 heavy (non-hydrogen) atoms. The molecule has 3 N–H and O–H groups in total. The summed E-state index contributed by atoms with van der Waals surface area (Å²) in [6.45, 7) is 8.56. The second-order valence-corrected chi connectivity index (χ2v) is 13.7. The fourth-order valence-electron chi connectivity index (χ4n) is 9.43. The third-order valence-electron chi connectivity index (χ3n) is 11.5. The number of amides is 1. The van der Waals surface area contributed by atoms with Gasteiger partial charge in [-0.1, -0.05) is 25.8 Å². The number of aromatic hydroxyl groups is 2. The van der Waals surface area contributed by atoms with Crippen LogP contribution in [-0.2, 0) is 17.8 Å². The molecule has 1 saturated heterocycles. The Bertz CT molecular complexity index is 1320. The maximum atomic E-state index is 14.0. The molecule has 5 aliphatic rings. The molecule has 222 valence electrons. The first-order valence-corrected chi connectivity index (χ1v) is 16.0. The monoisotopic (exact) mass is 564 g/mol. The number of aromatic nitrogens is 1. The average molecular weight is 565 g/mol. The fourth-order valence-corrected chi connectivity index (χ4v) is 9.43. The zero-order valence-corrected chi connectivity index (χ0v) is 24.5. The number of rotatable bonds is 6. The number of piperidine rings is 1. The highest BCUT2D eigenvalue weighted by Crippen LogP contribution is 2.62.